The number of aliphatic hydroxyl groups is 1. The Kier molecular flexibility index (Phi) is 6.85. The van der Waals surface area contributed by atoms with Crippen molar-refractivity contribution in [3.8, 4) is 0 Å². The zero-order valence-corrected chi connectivity index (χ0v) is 16.2. The Labute approximate surface area is 169 Å². The Hall–Kier alpha value is -2.63. The lowest BCUT2D eigenvalue weighted by Crippen LogP contribution is -2.40. The molecule has 1 saturated heterocycles. The summed E-state index contributed by atoms with van der Waals surface area (Å²) in [6.07, 6.45) is 4.40. The number of nitrogens with one attached hydrogen (secondary N) is 1. The van der Waals surface area contributed by atoms with Gasteiger partial charge in [0.05, 0.1) is 12.5 Å². The highest BCUT2D eigenvalue weighted by atomic mass is 35.5. The van der Waals surface area contributed by atoms with Gasteiger partial charge < -0.3 is 15.3 Å². The van der Waals surface area contributed by atoms with E-state index in [-0.39, 0.29) is 17.9 Å². The summed E-state index contributed by atoms with van der Waals surface area (Å²) < 4.78 is 0. The fourth-order valence-electron chi connectivity index (χ4n) is 3.07. The molecule has 2 N–H and O–H groups in total. The van der Waals surface area contributed by atoms with Crippen molar-refractivity contribution in [2.75, 3.05) is 18.4 Å². The first-order valence-electron chi connectivity index (χ1n) is 9.29. The molecule has 146 valence electrons. The number of anilines is 1. The molecule has 0 radical (unpaired) electrons. The molecule has 0 saturated carbocycles. The molecule has 6 heteroatoms. The van der Waals surface area contributed by atoms with Crippen molar-refractivity contribution in [2.45, 2.75) is 25.4 Å². The number of halogens is 1. The molecule has 0 unspecified atom stereocenters. The highest BCUT2D eigenvalue weighted by Crippen LogP contribution is 2.17. The largest absolute Gasteiger partial charge is 0.393 e. The van der Waals surface area contributed by atoms with Gasteiger partial charge in [0, 0.05) is 29.9 Å². The van der Waals surface area contributed by atoms with Crippen LogP contribution in [0.25, 0.3) is 6.08 Å². The number of aliphatic hydroxyl groups excluding tert-OH is 1. The van der Waals surface area contributed by atoms with Crippen LogP contribution in [0.2, 0.25) is 5.02 Å². The number of nitrogens with zero attached hydrogens (tertiary/aromatic N) is 1. The number of carbonyl (C=O) groups excluding carboxylic acids is 2. The van der Waals surface area contributed by atoms with Crippen LogP contribution in [0.4, 0.5) is 5.69 Å². The quantitative estimate of drug-likeness (QED) is 0.757. The smallest absolute Gasteiger partial charge is 0.248 e. The zero-order valence-electron chi connectivity index (χ0n) is 15.5. The van der Waals surface area contributed by atoms with Crippen LogP contribution in [0.3, 0.4) is 0 Å². The van der Waals surface area contributed by atoms with Crippen LogP contribution in [0.5, 0.6) is 0 Å². The third-order valence-corrected chi connectivity index (χ3v) is 5.06. The van der Waals surface area contributed by atoms with E-state index < -0.39 is 0 Å². The number of rotatable bonds is 5. The second kappa shape index (κ2) is 9.53. The minimum atomic E-state index is -0.293. The van der Waals surface area contributed by atoms with E-state index in [0.717, 1.165) is 11.1 Å². The maximum absolute atomic E-state index is 12.3. The summed E-state index contributed by atoms with van der Waals surface area (Å²) >= 11 is 6.06. The van der Waals surface area contributed by atoms with Crippen molar-refractivity contribution in [2.24, 2.45) is 0 Å². The fourth-order valence-corrected chi connectivity index (χ4v) is 3.27. The molecule has 0 atom stereocenters. The van der Waals surface area contributed by atoms with Gasteiger partial charge >= 0.3 is 0 Å². The van der Waals surface area contributed by atoms with Crippen LogP contribution in [0, 0.1) is 0 Å². The minimum Gasteiger partial charge on any atom is -0.393 e. The Bertz CT molecular complexity index is 856. The molecular formula is C22H23ClN2O3. The van der Waals surface area contributed by atoms with E-state index in [1.54, 1.807) is 29.2 Å². The molecule has 1 fully saturated rings. The summed E-state index contributed by atoms with van der Waals surface area (Å²) in [4.78, 5) is 26.2. The van der Waals surface area contributed by atoms with Crippen LogP contribution >= 0.6 is 11.6 Å². The van der Waals surface area contributed by atoms with Crippen molar-refractivity contribution >= 4 is 35.2 Å². The summed E-state index contributed by atoms with van der Waals surface area (Å²) in [5.74, 6) is -0.193. The predicted molar refractivity (Wildman–Crippen MR) is 111 cm³/mol. The van der Waals surface area contributed by atoms with Gasteiger partial charge in [0.25, 0.3) is 0 Å². The van der Waals surface area contributed by atoms with Gasteiger partial charge in [0.15, 0.2) is 0 Å². The fraction of sp³-hybridized carbons (Fsp3) is 0.273. The molecule has 1 aliphatic rings. The van der Waals surface area contributed by atoms with E-state index in [0.29, 0.717) is 43.1 Å². The number of benzene rings is 2. The highest BCUT2D eigenvalue weighted by Gasteiger charge is 2.21. The maximum Gasteiger partial charge on any atom is 0.248 e. The van der Waals surface area contributed by atoms with Crippen LogP contribution in [0.1, 0.15) is 24.0 Å². The Morgan fingerprint density at radius 3 is 2.46 bits per heavy atom. The summed E-state index contributed by atoms with van der Waals surface area (Å²) in [5.41, 5.74) is 2.32. The number of carbonyl (C=O) groups is 2. The SMILES string of the molecule is O=C(C=Cc1ccccc1Cl)Nc1ccc(CC(=O)N2CCC(O)CC2)cc1. The molecule has 1 heterocycles. The molecule has 2 aromatic carbocycles. The van der Waals surface area contributed by atoms with Crippen LogP contribution in [0.15, 0.2) is 54.6 Å². The number of amides is 2. The summed E-state index contributed by atoms with van der Waals surface area (Å²) in [5, 5.41) is 12.9. The molecule has 28 heavy (non-hydrogen) atoms. The molecule has 0 spiro atoms. The minimum absolute atomic E-state index is 0.0614. The molecule has 0 aliphatic carbocycles. The van der Waals surface area contributed by atoms with Gasteiger partial charge in [-0.15, -0.1) is 0 Å². The van der Waals surface area contributed by atoms with Crippen molar-refractivity contribution in [1.29, 1.82) is 0 Å². The molecule has 0 aromatic heterocycles. The number of hydrogen-bond donors (Lipinski definition) is 2. The van der Waals surface area contributed by atoms with Gasteiger partial charge in [-0.05, 0) is 48.2 Å². The first-order chi connectivity index (χ1) is 13.5. The lowest BCUT2D eigenvalue weighted by molar-refractivity contribution is -0.132. The molecule has 0 bridgehead atoms. The average molecular weight is 399 g/mol. The van der Waals surface area contributed by atoms with Gasteiger partial charge in [-0.1, -0.05) is 41.9 Å². The predicted octanol–water partition coefficient (Wildman–Crippen LogP) is 3.52. The van der Waals surface area contributed by atoms with Gasteiger partial charge in [0.2, 0.25) is 11.8 Å². The highest BCUT2D eigenvalue weighted by molar-refractivity contribution is 6.32. The van der Waals surface area contributed by atoms with E-state index in [2.05, 4.69) is 5.32 Å². The number of piperidine rings is 1. The monoisotopic (exact) mass is 398 g/mol. The molecule has 2 amide bonds. The Morgan fingerprint density at radius 2 is 1.79 bits per heavy atom. The van der Waals surface area contributed by atoms with E-state index in [1.165, 1.54) is 6.08 Å². The van der Waals surface area contributed by atoms with Gasteiger partial charge in [-0.2, -0.15) is 0 Å². The van der Waals surface area contributed by atoms with Gasteiger partial charge in [0.1, 0.15) is 0 Å². The molecule has 3 rings (SSSR count). The van der Waals surface area contributed by atoms with Gasteiger partial charge in [-0.3, -0.25) is 9.59 Å². The van der Waals surface area contributed by atoms with Gasteiger partial charge in [-0.25, -0.2) is 0 Å². The third-order valence-electron chi connectivity index (χ3n) is 4.71. The van der Waals surface area contributed by atoms with Crippen molar-refractivity contribution < 1.29 is 14.7 Å². The summed E-state index contributed by atoms with van der Waals surface area (Å²) in [6.45, 7) is 1.21. The number of likely N-dealkylation sites (tertiary alicyclic amines) is 1. The number of hydrogen-bond acceptors (Lipinski definition) is 3. The summed E-state index contributed by atoms with van der Waals surface area (Å²) in [6, 6.07) is 14.5. The standard InChI is InChI=1S/C22H23ClN2O3/c23-20-4-2-1-3-17(20)7-10-21(27)24-18-8-5-16(6-9-18)15-22(28)25-13-11-19(26)12-14-25/h1-10,19,26H,11-15H2,(H,24,27). The Morgan fingerprint density at radius 1 is 1.11 bits per heavy atom. The second-order valence-electron chi connectivity index (χ2n) is 6.83. The lowest BCUT2D eigenvalue weighted by Gasteiger charge is -2.29. The van der Waals surface area contributed by atoms with Crippen LogP contribution in [-0.4, -0.2) is 41.0 Å². The molecule has 2 aromatic rings. The van der Waals surface area contributed by atoms with Crippen LogP contribution < -0.4 is 5.32 Å². The molecule has 5 nitrogen and oxygen atoms in total. The normalized spacial score (nSPS) is 15.0. The zero-order chi connectivity index (χ0) is 19.9. The third kappa shape index (κ3) is 5.68. The first-order valence-corrected chi connectivity index (χ1v) is 9.67. The Balaban J connectivity index is 1.52. The van der Waals surface area contributed by atoms with E-state index in [9.17, 15) is 14.7 Å². The lowest BCUT2D eigenvalue weighted by atomic mass is 10.1. The summed E-state index contributed by atoms with van der Waals surface area (Å²) in [7, 11) is 0. The van der Waals surface area contributed by atoms with E-state index in [4.69, 9.17) is 11.6 Å². The molecule has 1 aliphatic heterocycles. The van der Waals surface area contributed by atoms with Crippen molar-refractivity contribution in [3.05, 3.63) is 70.8 Å². The second-order valence-corrected chi connectivity index (χ2v) is 7.24. The van der Waals surface area contributed by atoms with E-state index in [1.807, 2.05) is 30.3 Å². The first kappa shape index (κ1) is 20.1. The topological polar surface area (TPSA) is 69.6 Å². The van der Waals surface area contributed by atoms with Crippen molar-refractivity contribution in [3.63, 3.8) is 0 Å². The van der Waals surface area contributed by atoms with E-state index >= 15 is 0 Å². The average Bonchev–Trinajstić information content (AvgIpc) is 2.69. The van der Waals surface area contributed by atoms with Crippen molar-refractivity contribution in [1.82, 2.24) is 4.90 Å². The molecular weight excluding hydrogens is 376 g/mol. The van der Waals surface area contributed by atoms with Crippen LogP contribution in [-0.2, 0) is 16.0 Å². The maximum atomic E-state index is 12.3.